The second-order valence-corrected chi connectivity index (χ2v) is 5.97. The molecule has 0 aliphatic heterocycles. The zero-order valence-corrected chi connectivity index (χ0v) is 10.5. The summed E-state index contributed by atoms with van der Waals surface area (Å²) in [7, 11) is 0. The molecule has 1 N–H and O–H groups in total. The Morgan fingerprint density at radius 1 is 1.13 bits per heavy atom. The second kappa shape index (κ2) is 4.86. The predicted octanol–water partition coefficient (Wildman–Crippen LogP) is 3.88. The minimum atomic E-state index is 0.498. The van der Waals surface area contributed by atoms with Gasteiger partial charge in [-0.15, -0.1) is 0 Å². The van der Waals surface area contributed by atoms with E-state index in [2.05, 4.69) is 19.2 Å². The summed E-state index contributed by atoms with van der Waals surface area (Å²) in [5.74, 6) is 0.973. The van der Waals surface area contributed by atoms with Gasteiger partial charge in [0, 0.05) is 11.6 Å². The quantitative estimate of drug-likeness (QED) is 0.741. The minimum Gasteiger partial charge on any atom is -0.309 e. The van der Waals surface area contributed by atoms with Crippen LogP contribution >= 0.6 is 0 Å². The summed E-state index contributed by atoms with van der Waals surface area (Å²) in [6, 6.07) is 0.801. The molecule has 0 spiro atoms. The van der Waals surface area contributed by atoms with Gasteiger partial charge in [0.25, 0.3) is 0 Å². The fourth-order valence-corrected chi connectivity index (χ4v) is 3.39. The Bertz CT molecular complexity index is 190. The molecule has 2 aliphatic carbocycles. The Balaban J connectivity index is 1.85. The van der Waals surface area contributed by atoms with Gasteiger partial charge in [-0.05, 0) is 51.4 Å². The van der Waals surface area contributed by atoms with Crippen molar-refractivity contribution in [2.24, 2.45) is 5.92 Å². The summed E-state index contributed by atoms with van der Waals surface area (Å²) in [5.41, 5.74) is 0.498. The molecule has 1 nitrogen and oxygen atoms in total. The van der Waals surface area contributed by atoms with Gasteiger partial charge in [0.05, 0.1) is 0 Å². The van der Waals surface area contributed by atoms with Gasteiger partial charge in [-0.3, -0.25) is 0 Å². The van der Waals surface area contributed by atoms with Crippen LogP contribution in [0, 0.1) is 5.92 Å². The highest BCUT2D eigenvalue weighted by Gasteiger charge is 2.35. The molecule has 88 valence electrons. The smallest absolute Gasteiger partial charge is 0.0156 e. The Kier molecular flexibility index (Phi) is 3.71. The molecule has 0 radical (unpaired) electrons. The number of nitrogens with one attached hydrogen (secondary N) is 1. The van der Waals surface area contributed by atoms with Gasteiger partial charge in [0.1, 0.15) is 0 Å². The molecule has 0 aromatic rings. The van der Waals surface area contributed by atoms with Crippen LogP contribution in [-0.4, -0.2) is 11.6 Å². The molecule has 0 aromatic heterocycles. The second-order valence-electron chi connectivity index (χ2n) is 5.97. The van der Waals surface area contributed by atoms with Crippen LogP contribution < -0.4 is 5.32 Å². The van der Waals surface area contributed by atoms with Crippen LogP contribution in [0.25, 0.3) is 0 Å². The zero-order valence-electron chi connectivity index (χ0n) is 10.5. The van der Waals surface area contributed by atoms with Crippen molar-refractivity contribution in [2.45, 2.75) is 83.2 Å². The van der Waals surface area contributed by atoms with Gasteiger partial charge >= 0.3 is 0 Å². The highest BCUT2D eigenvalue weighted by Crippen LogP contribution is 2.35. The predicted molar refractivity (Wildman–Crippen MR) is 66.0 cm³/mol. The van der Waals surface area contributed by atoms with Gasteiger partial charge < -0.3 is 5.32 Å². The molecule has 15 heavy (non-hydrogen) atoms. The van der Waals surface area contributed by atoms with E-state index in [1.165, 1.54) is 57.8 Å². The Hall–Kier alpha value is -0.0400. The third-order valence-electron chi connectivity index (χ3n) is 4.65. The number of hydrogen-bond donors (Lipinski definition) is 1. The van der Waals surface area contributed by atoms with Crippen LogP contribution in [-0.2, 0) is 0 Å². The van der Waals surface area contributed by atoms with Crippen LogP contribution in [0.1, 0.15) is 71.6 Å². The number of rotatable bonds is 4. The average molecular weight is 209 g/mol. The normalized spacial score (nSPS) is 28.4. The third-order valence-corrected chi connectivity index (χ3v) is 4.65. The van der Waals surface area contributed by atoms with Crippen LogP contribution in [0.5, 0.6) is 0 Å². The molecule has 2 saturated carbocycles. The van der Waals surface area contributed by atoms with Crippen molar-refractivity contribution in [2.75, 3.05) is 0 Å². The van der Waals surface area contributed by atoms with Crippen molar-refractivity contribution in [1.29, 1.82) is 0 Å². The van der Waals surface area contributed by atoms with Crippen LogP contribution in [0.2, 0.25) is 0 Å². The van der Waals surface area contributed by atoms with Crippen LogP contribution in [0.4, 0.5) is 0 Å². The largest absolute Gasteiger partial charge is 0.309 e. The van der Waals surface area contributed by atoms with E-state index < -0.39 is 0 Å². The standard InChI is InChI=1S/C14H27N/c1-3-13(12-8-5-4-6-9-12)15-14(2)10-7-11-14/h12-13,15H,3-11H2,1-2H3. The van der Waals surface area contributed by atoms with Crippen molar-refractivity contribution in [3.63, 3.8) is 0 Å². The third kappa shape index (κ3) is 2.75. The molecule has 1 unspecified atom stereocenters. The topological polar surface area (TPSA) is 12.0 Å². The molecule has 0 bridgehead atoms. The molecule has 2 rings (SSSR count). The first-order valence-corrected chi connectivity index (χ1v) is 7.01. The Labute approximate surface area is 95.0 Å². The fraction of sp³-hybridized carbons (Fsp3) is 1.00. The monoisotopic (exact) mass is 209 g/mol. The lowest BCUT2D eigenvalue weighted by atomic mass is 9.75. The maximum Gasteiger partial charge on any atom is 0.0156 e. The Morgan fingerprint density at radius 3 is 2.27 bits per heavy atom. The lowest BCUT2D eigenvalue weighted by Gasteiger charge is -2.45. The van der Waals surface area contributed by atoms with Crippen molar-refractivity contribution in [3.8, 4) is 0 Å². The highest BCUT2D eigenvalue weighted by molar-refractivity contribution is 4.95. The van der Waals surface area contributed by atoms with E-state index in [-0.39, 0.29) is 0 Å². The molecule has 0 heterocycles. The highest BCUT2D eigenvalue weighted by atomic mass is 15.0. The van der Waals surface area contributed by atoms with E-state index in [1.54, 1.807) is 0 Å². The molecule has 0 saturated heterocycles. The number of hydrogen-bond acceptors (Lipinski definition) is 1. The molecule has 0 aromatic carbocycles. The first-order chi connectivity index (χ1) is 7.23. The van der Waals surface area contributed by atoms with E-state index >= 15 is 0 Å². The molecule has 0 amide bonds. The molecule has 2 fully saturated rings. The van der Waals surface area contributed by atoms with Crippen molar-refractivity contribution in [1.82, 2.24) is 5.32 Å². The van der Waals surface area contributed by atoms with Crippen molar-refractivity contribution >= 4 is 0 Å². The summed E-state index contributed by atoms with van der Waals surface area (Å²) in [6.07, 6.45) is 12.9. The summed E-state index contributed by atoms with van der Waals surface area (Å²) < 4.78 is 0. The fourth-order valence-electron chi connectivity index (χ4n) is 3.39. The summed E-state index contributed by atoms with van der Waals surface area (Å²) >= 11 is 0. The Morgan fingerprint density at radius 2 is 1.80 bits per heavy atom. The van der Waals surface area contributed by atoms with E-state index in [9.17, 15) is 0 Å². The van der Waals surface area contributed by atoms with Gasteiger partial charge in [-0.2, -0.15) is 0 Å². The average Bonchev–Trinajstić information content (AvgIpc) is 2.25. The van der Waals surface area contributed by atoms with E-state index in [4.69, 9.17) is 0 Å². The lowest BCUT2D eigenvalue weighted by molar-refractivity contribution is 0.143. The zero-order chi connectivity index (χ0) is 10.7. The van der Waals surface area contributed by atoms with Gasteiger partial charge in [-0.25, -0.2) is 0 Å². The van der Waals surface area contributed by atoms with Crippen LogP contribution in [0.15, 0.2) is 0 Å². The van der Waals surface area contributed by atoms with E-state index in [1.807, 2.05) is 0 Å². The lowest BCUT2D eigenvalue weighted by Crippen LogP contribution is -2.54. The van der Waals surface area contributed by atoms with Crippen molar-refractivity contribution < 1.29 is 0 Å². The van der Waals surface area contributed by atoms with E-state index in [0.717, 1.165) is 12.0 Å². The van der Waals surface area contributed by atoms with Gasteiger partial charge in [-0.1, -0.05) is 26.2 Å². The summed E-state index contributed by atoms with van der Waals surface area (Å²) in [6.45, 7) is 4.77. The van der Waals surface area contributed by atoms with E-state index in [0.29, 0.717) is 5.54 Å². The molecule has 1 heteroatoms. The SMILES string of the molecule is CCC(NC1(C)CCC1)C1CCCCC1. The maximum atomic E-state index is 3.95. The minimum absolute atomic E-state index is 0.498. The van der Waals surface area contributed by atoms with Crippen LogP contribution in [0.3, 0.4) is 0 Å². The van der Waals surface area contributed by atoms with Crippen molar-refractivity contribution in [3.05, 3.63) is 0 Å². The van der Waals surface area contributed by atoms with Gasteiger partial charge in [0.2, 0.25) is 0 Å². The molecule has 1 atom stereocenters. The first-order valence-electron chi connectivity index (χ1n) is 7.01. The molecule has 2 aliphatic rings. The molecular weight excluding hydrogens is 182 g/mol. The maximum absolute atomic E-state index is 3.95. The first kappa shape index (κ1) is 11.4. The summed E-state index contributed by atoms with van der Waals surface area (Å²) in [5, 5.41) is 3.95. The van der Waals surface area contributed by atoms with Gasteiger partial charge in [0.15, 0.2) is 0 Å². The molecular formula is C14H27N. The summed E-state index contributed by atoms with van der Waals surface area (Å²) in [4.78, 5) is 0.